The Morgan fingerprint density at radius 3 is 2.20 bits per heavy atom. The van der Waals surface area contributed by atoms with Gasteiger partial charge in [0, 0.05) is 0 Å². The maximum absolute atomic E-state index is 12.0. The lowest BCUT2D eigenvalue weighted by Crippen LogP contribution is -1.58. The summed E-state index contributed by atoms with van der Waals surface area (Å²) in [6, 6.07) is 0. The van der Waals surface area contributed by atoms with Crippen LogP contribution in [0.25, 0.3) is 0 Å². The van der Waals surface area contributed by atoms with Crippen LogP contribution >= 0.6 is 0 Å². The summed E-state index contributed by atoms with van der Waals surface area (Å²) in [5.74, 6) is -0.232. The Labute approximate surface area is 62.8 Å². The van der Waals surface area contributed by atoms with Gasteiger partial charge >= 0.3 is 0 Å². The van der Waals surface area contributed by atoms with Gasteiger partial charge in [0.25, 0.3) is 0 Å². The number of allylic oxidation sites excluding steroid dienone is 5. The van der Waals surface area contributed by atoms with Crippen molar-refractivity contribution in [2.75, 3.05) is 0 Å². The summed E-state index contributed by atoms with van der Waals surface area (Å²) in [5, 5.41) is 0. The molecule has 0 unspecified atom stereocenters. The Kier molecular flexibility index (Phi) is 13.1. The second-order valence-electron chi connectivity index (χ2n) is 1.27. The third-order valence-electron chi connectivity index (χ3n) is 0.667. The summed E-state index contributed by atoms with van der Waals surface area (Å²) in [6.45, 7) is 9.03. The first-order valence-electron chi connectivity index (χ1n) is 3.42. The minimum Gasteiger partial charge on any atom is -0.207 e. The van der Waals surface area contributed by atoms with Crippen LogP contribution in [-0.2, 0) is 0 Å². The van der Waals surface area contributed by atoms with Crippen LogP contribution in [0, 0.1) is 0 Å². The van der Waals surface area contributed by atoms with Gasteiger partial charge in [0.1, 0.15) is 5.83 Å². The third-order valence-corrected chi connectivity index (χ3v) is 0.667. The molecule has 0 aliphatic rings. The summed E-state index contributed by atoms with van der Waals surface area (Å²) >= 11 is 0. The minimum absolute atomic E-state index is 0.232. The topological polar surface area (TPSA) is 0 Å². The zero-order valence-corrected chi connectivity index (χ0v) is 6.89. The van der Waals surface area contributed by atoms with Gasteiger partial charge in [-0.05, 0) is 13.0 Å². The van der Waals surface area contributed by atoms with E-state index >= 15 is 0 Å². The van der Waals surface area contributed by atoms with Crippen LogP contribution in [0.4, 0.5) is 4.39 Å². The summed E-state index contributed by atoms with van der Waals surface area (Å²) in [7, 11) is 0. The zero-order valence-electron chi connectivity index (χ0n) is 6.89. The van der Waals surface area contributed by atoms with Crippen molar-refractivity contribution >= 4 is 0 Å². The highest BCUT2D eigenvalue weighted by Gasteiger charge is 1.76. The molecule has 0 amide bonds. The Morgan fingerprint density at radius 2 is 1.90 bits per heavy atom. The SMILES string of the molecule is C=C/C=C\C(F)=C\C.CC. The molecule has 0 aromatic heterocycles. The quantitative estimate of drug-likeness (QED) is 0.516. The molecule has 0 rings (SSSR count). The van der Waals surface area contributed by atoms with Gasteiger partial charge < -0.3 is 0 Å². The van der Waals surface area contributed by atoms with Crippen molar-refractivity contribution in [3.63, 3.8) is 0 Å². The van der Waals surface area contributed by atoms with Crippen molar-refractivity contribution in [1.82, 2.24) is 0 Å². The monoisotopic (exact) mass is 142 g/mol. The average Bonchev–Trinajstić information content (AvgIpc) is 2.04. The average molecular weight is 142 g/mol. The maximum Gasteiger partial charge on any atom is 0.118 e. The molecule has 0 aliphatic heterocycles. The summed E-state index contributed by atoms with van der Waals surface area (Å²) in [6.07, 6.45) is 5.82. The van der Waals surface area contributed by atoms with E-state index in [0.29, 0.717) is 0 Å². The van der Waals surface area contributed by atoms with E-state index in [1.165, 1.54) is 18.2 Å². The fraction of sp³-hybridized carbons (Fsp3) is 0.333. The summed E-state index contributed by atoms with van der Waals surface area (Å²) < 4.78 is 12.0. The lowest BCUT2D eigenvalue weighted by atomic mass is 10.4. The van der Waals surface area contributed by atoms with Crippen molar-refractivity contribution in [1.29, 1.82) is 0 Å². The van der Waals surface area contributed by atoms with E-state index in [1.807, 2.05) is 13.8 Å². The molecule has 0 fully saturated rings. The highest BCUT2D eigenvalue weighted by molar-refractivity contribution is 5.14. The lowest BCUT2D eigenvalue weighted by Gasteiger charge is -1.77. The maximum atomic E-state index is 12.0. The van der Waals surface area contributed by atoms with Crippen LogP contribution in [0.5, 0.6) is 0 Å². The van der Waals surface area contributed by atoms with Crippen molar-refractivity contribution in [2.24, 2.45) is 0 Å². The summed E-state index contributed by atoms with van der Waals surface area (Å²) in [5.41, 5.74) is 0. The van der Waals surface area contributed by atoms with E-state index in [1.54, 1.807) is 13.0 Å². The third kappa shape index (κ3) is 10.2. The number of rotatable bonds is 2. The van der Waals surface area contributed by atoms with Crippen molar-refractivity contribution in [2.45, 2.75) is 20.8 Å². The number of halogens is 1. The van der Waals surface area contributed by atoms with Crippen LogP contribution in [0.2, 0.25) is 0 Å². The molecule has 0 spiro atoms. The smallest absolute Gasteiger partial charge is 0.118 e. The molecule has 58 valence electrons. The predicted molar refractivity (Wildman–Crippen MR) is 45.6 cm³/mol. The first kappa shape index (κ1) is 11.9. The van der Waals surface area contributed by atoms with E-state index in [-0.39, 0.29) is 5.83 Å². The van der Waals surface area contributed by atoms with Gasteiger partial charge in [-0.15, -0.1) is 0 Å². The van der Waals surface area contributed by atoms with Gasteiger partial charge in [-0.25, -0.2) is 4.39 Å². The Bertz CT molecular complexity index is 121. The first-order valence-corrected chi connectivity index (χ1v) is 3.42. The van der Waals surface area contributed by atoms with Gasteiger partial charge in [-0.1, -0.05) is 38.7 Å². The van der Waals surface area contributed by atoms with E-state index < -0.39 is 0 Å². The van der Waals surface area contributed by atoms with E-state index in [9.17, 15) is 4.39 Å². The molecule has 0 N–H and O–H groups in total. The van der Waals surface area contributed by atoms with Crippen molar-refractivity contribution in [3.8, 4) is 0 Å². The normalized spacial score (nSPS) is 10.6. The lowest BCUT2D eigenvalue weighted by molar-refractivity contribution is 0.665. The van der Waals surface area contributed by atoms with Crippen LogP contribution < -0.4 is 0 Å². The van der Waals surface area contributed by atoms with Crippen LogP contribution in [0.15, 0.2) is 36.7 Å². The molecule has 0 aromatic rings. The van der Waals surface area contributed by atoms with E-state index in [0.717, 1.165) is 0 Å². The molecular weight excluding hydrogens is 127 g/mol. The fourth-order valence-electron chi connectivity index (χ4n) is 0.256. The zero-order chi connectivity index (χ0) is 8.41. The molecule has 0 atom stereocenters. The predicted octanol–water partition coefficient (Wildman–Crippen LogP) is 3.63. The fourth-order valence-corrected chi connectivity index (χ4v) is 0.256. The molecule has 1 heteroatoms. The standard InChI is InChI=1S/C7H9F.C2H6/c1-3-5-6-7(8)4-2;1-2/h3-6H,1H2,2H3;1-2H3/b6-5-,7-4-;. The number of hydrogen-bond donors (Lipinski definition) is 0. The van der Waals surface area contributed by atoms with Crippen LogP contribution in [-0.4, -0.2) is 0 Å². The van der Waals surface area contributed by atoms with Crippen LogP contribution in [0.1, 0.15) is 20.8 Å². The molecule has 0 radical (unpaired) electrons. The first-order chi connectivity index (χ1) is 4.81. The van der Waals surface area contributed by atoms with Crippen molar-refractivity contribution < 1.29 is 4.39 Å². The molecule has 0 heterocycles. The Hall–Kier alpha value is -0.850. The van der Waals surface area contributed by atoms with Gasteiger partial charge in [-0.3, -0.25) is 0 Å². The molecule has 0 bridgehead atoms. The molecule has 0 saturated heterocycles. The summed E-state index contributed by atoms with van der Waals surface area (Å²) in [4.78, 5) is 0. The molecule has 0 nitrogen and oxygen atoms in total. The van der Waals surface area contributed by atoms with Crippen molar-refractivity contribution in [3.05, 3.63) is 36.7 Å². The van der Waals surface area contributed by atoms with Gasteiger partial charge in [-0.2, -0.15) is 0 Å². The van der Waals surface area contributed by atoms with Gasteiger partial charge in [0.05, 0.1) is 0 Å². The van der Waals surface area contributed by atoms with Crippen LogP contribution in [0.3, 0.4) is 0 Å². The van der Waals surface area contributed by atoms with Gasteiger partial charge in [0.2, 0.25) is 0 Å². The minimum atomic E-state index is -0.232. The van der Waals surface area contributed by atoms with Gasteiger partial charge in [0.15, 0.2) is 0 Å². The largest absolute Gasteiger partial charge is 0.207 e. The molecule has 0 aromatic carbocycles. The van der Waals surface area contributed by atoms with E-state index in [4.69, 9.17) is 0 Å². The number of hydrogen-bond acceptors (Lipinski definition) is 0. The molecular formula is C9H15F. The molecule has 10 heavy (non-hydrogen) atoms. The second kappa shape index (κ2) is 11.0. The highest BCUT2D eigenvalue weighted by Crippen LogP contribution is 1.95. The molecule has 0 saturated carbocycles. The van der Waals surface area contributed by atoms with E-state index in [2.05, 4.69) is 6.58 Å². The molecule has 0 aliphatic carbocycles. The Balaban J connectivity index is 0. The Morgan fingerprint density at radius 1 is 1.40 bits per heavy atom. The second-order valence-corrected chi connectivity index (χ2v) is 1.27. The highest BCUT2D eigenvalue weighted by atomic mass is 19.1.